The summed E-state index contributed by atoms with van der Waals surface area (Å²) >= 11 is 0. The first kappa shape index (κ1) is 16.8. The molecule has 2 aromatic rings. The largest absolute Gasteiger partial charge is 0.492 e. The molecule has 4 rings (SSSR count). The zero-order chi connectivity index (χ0) is 17.8. The predicted octanol–water partition coefficient (Wildman–Crippen LogP) is 3.95. The summed E-state index contributed by atoms with van der Waals surface area (Å²) in [5.41, 5.74) is 3.90. The molecule has 1 fully saturated rings. The van der Waals surface area contributed by atoms with Crippen LogP contribution in [0.3, 0.4) is 0 Å². The zero-order valence-corrected chi connectivity index (χ0v) is 15.4. The molecule has 2 aliphatic rings. The summed E-state index contributed by atoms with van der Waals surface area (Å²) in [6, 6.07) is 10.9. The smallest absolute Gasteiger partial charge is 0.400 e. The van der Waals surface area contributed by atoms with E-state index in [9.17, 15) is 5.11 Å². The maximum Gasteiger partial charge on any atom is 0.492 e. The number of hydrogen-bond donors (Lipinski definition) is 1. The molecular weight excluding hydrogens is 311 g/mol. The Morgan fingerprint density at radius 1 is 1.04 bits per heavy atom. The van der Waals surface area contributed by atoms with Gasteiger partial charge in [0.15, 0.2) is 0 Å². The summed E-state index contributed by atoms with van der Waals surface area (Å²) in [4.78, 5) is 0. The molecule has 1 saturated heterocycles. The minimum absolute atomic E-state index is 0.0836. The lowest BCUT2D eigenvalue weighted by atomic mass is 9.77. The molecule has 1 aliphatic heterocycles. The topological polar surface area (TPSA) is 38.7 Å². The fourth-order valence-electron chi connectivity index (χ4n) is 3.78. The second-order valence-electron chi connectivity index (χ2n) is 8.12. The monoisotopic (exact) mass is 336 g/mol. The Balaban J connectivity index is 1.77. The average Bonchev–Trinajstić information content (AvgIpc) is 3.07. The molecule has 1 aliphatic carbocycles. The van der Waals surface area contributed by atoms with E-state index in [1.54, 1.807) is 0 Å². The van der Waals surface area contributed by atoms with E-state index in [0.29, 0.717) is 0 Å². The van der Waals surface area contributed by atoms with Crippen LogP contribution in [0.25, 0.3) is 16.8 Å². The van der Waals surface area contributed by atoms with Crippen molar-refractivity contribution >= 4 is 24.0 Å². The van der Waals surface area contributed by atoms with Gasteiger partial charge in [0, 0.05) is 0 Å². The van der Waals surface area contributed by atoms with Crippen LogP contribution in [0, 0.1) is 0 Å². The van der Waals surface area contributed by atoms with Gasteiger partial charge in [-0.3, -0.25) is 0 Å². The van der Waals surface area contributed by atoms with Crippen LogP contribution in [0.15, 0.2) is 35.8 Å². The van der Waals surface area contributed by atoms with Gasteiger partial charge in [0.2, 0.25) is 0 Å². The number of benzene rings is 2. The van der Waals surface area contributed by atoms with Crippen molar-refractivity contribution in [2.24, 2.45) is 0 Å². The van der Waals surface area contributed by atoms with Gasteiger partial charge < -0.3 is 14.4 Å². The van der Waals surface area contributed by atoms with Gasteiger partial charge in [0.25, 0.3) is 0 Å². The first-order chi connectivity index (χ1) is 11.8. The third kappa shape index (κ3) is 2.64. The average molecular weight is 336 g/mol. The summed E-state index contributed by atoms with van der Waals surface area (Å²) in [6.45, 7) is 8.03. The lowest BCUT2D eigenvalue weighted by Crippen LogP contribution is -2.41. The molecule has 1 heterocycles. The fourth-order valence-corrected chi connectivity index (χ4v) is 3.78. The molecule has 4 heteroatoms. The van der Waals surface area contributed by atoms with Gasteiger partial charge in [0.1, 0.15) is 0 Å². The van der Waals surface area contributed by atoms with Crippen LogP contribution in [-0.2, 0) is 22.2 Å². The maximum absolute atomic E-state index is 9.95. The molecule has 3 nitrogen and oxygen atoms in total. The molecule has 25 heavy (non-hydrogen) atoms. The van der Waals surface area contributed by atoms with E-state index in [4.69, 9.17) is 9.31 Å². The molecule has 1 N–H and O–H groups in total. The summed E-state index contributed by atoms with van der Waals surface area (Å²) in [6.07, 6.45) is 4.26. The summed E-state index contributed by atoms with van der Waals surface area (Å²) in [7, 11) is -0.516. The van der Waals surface area contributed by atoms with Crippen LogP contribution < -0.4 is 0 Å². The zero-order valence-electron chi connectivity index (χ0n) is 15.4. The van der Waals surface area contributed by atoms with Crippen molar-refractivity contribution in [2.75, 3.05) is 6.61 Å². The van der Waals surface area contributed by atoms with Gasteiger partial charge in [0.05, 0.1) is 17.8 Å². The van der Waals surface area contributed by atoms with Gasteiger partial charge in [-0.15, -0.1) is 0 Å². The molecule has 2 aromatic carbocycles. The van der Waals surface area contributed by atoms with Crippen LogP contribution in [0.4, 0.5) is 0 Å². The quantitative estimate of drug-likeness (QED) is 0.863. The van der Waals surface area contributed by atoms with E-state index in [1.807, 2.05) is 33.8 Å². The second kappa shape index (κ2) is 5.70. The van der Waals surface area contributed by atoms with Crippen molar-refractivity contribution in [3.8, 4) is 0 Å². The summed E-state index contributed by atoms with van der Waals surface area (Å²) in [5, 5.41) is 12.6. The van der Waals surface area contributed by atoms with E-state index in [2.05, 4.69) is 30.3 Å². The number of aliphatic hydroxyl groups excluding tert-OH is 1. The molecule has 0 bridgehead atoms. The third-order valence-corrected chi connectivity index (χ3v) is 5.99. The Labute approximate surface area is 149 Å². The SMILES string of the molecule is CC1(C)OB(C(=Cc2ccc3c4c(cccc24)CC3)CO)OC1(C)C. The van der Waals surface area contributed by atoms with Crippen LogP contribution >= 0.6 is 0 Å². The highest BCUT2D eigenvalue weighted by atomic mass is 16.7. The maximum atomic E-state index is 9.95. The Morgan fingerprint density at radius 2 is 1.68 bits per heavy atom. The number of aryl methyl sites for hydroxylation is 2. The Kier molecular flexibility index (Phi) is 3.84. The number of rotatable bonds is 3. The van der Waals surface area contributed by atoms with Gasteiger partial charge >= 0.3 is 7.12 Å². The predicted molar refractivity (Wildman–Crippen MR) is 103 cm³/mol. The lowest BCUT2D eigenvalue weighted by Gasteiger charge is -2.32. The van der Waals surface area contributed by atoms with Gasteiger partial charge in [-0.2, -0.15) is 0 Å². The van der Waals surface area contributed by atoms with Crippen molar-refractivity contribution in [1.29, 1.82) is 0 Å². The Hall–Kier alpha value is -1.62. The molecular formula is C21H25BO3. The Bertz CT molecular complexity index is 841. The van der Waals surface area contributed by atoms with E-state index in [1.165, 1.54) is 21.9 Å². The van der Waals surface area contributed by atoms with Crippen molar-refractivity contribution in [3.05, 3.63) is 52.5 Å². The van der Waals surface area contributed by atoms with Gasteiger partial charge in [-0.1, -0.05) is 36.4 Å². The summed E-state index contributed by atoms with van der Waals surface area (Å²) < 4.78 is 12.2. The molecule has 0 spiro atoms. The van der Waals surface area contributed by atoms with Crippen molar-refractivity contribution in [2.45, 2.75) is 51.7 Å². The minimum Gasteiger partial charge on any atom is -0.400 e. The molecule has 0 saturated carbocycles. The Morgan fingerprint density at radius 3 is 2.32 bits per heavy atom. The molecule has 130 valence electrons. The van der Waals surface area contributed by atoms with Crippen LogP contribution in [0.5, 0.6) is 0 Å². The van der Waals surface area contributed by atoms with E-state index in [0.717, 1.165) is 23.9 Å². The highest BCUT2D eigenvalue weighted by Crippen LogP contribution is 2.39. The lowest BCUT2D eigenvalue weighted by molar-refractivity contribution is 0.00578. The standard InChI is InChI=1S/C21H25BO3/c1-20(2)21(3,4)25-22(24-20)17(13-23)12-16-11-10-15-9-8-14-6-5-7-18(16)19(14)15/h5-7,10-12,23H,8-9,13H2,1-4H3. The van der Waals surface area contributed by atoms with Crippen LogP contribution in [0.1, 0.15) is 44.4 Å². The first-order valence-corrected chi connectivity index (χ1v) is 9.03. The molecule has 0 amide bonds. The van der Waals surface area contributed by atoms with E-state index in [-0.39, 0.29) is 6.61 Å². The first-order valence-electron chi connectivity index (χ1n) is 9.03. The third-order valence-electron chi connectivity index (χ3n) is 5.99. The fraction of sp³-hybridized carbons (Fsp3) is 0.429. The molecule has 0 aromatic heterocycles. The molecule has 0 unspecified atom stereocenters. The van der Waals surface area contributed by atoms with Crippen LogP contribution in [-0.4, -0.2) is 30.0 Å². The number of hydrogen-bond acceptors (Lipinski definition) is 3. The highest BCUT2D eigenvalue weighted by molar-refractivity contribution is 6.55. The molecule has 0 radical (unpaired) electrons. The van der Waals surface area contributed by atoms with Crippen molar-refractivity contribution < 1.29 is 14.4 Å². The highest BCUT2D eigenvalue weighted by Gasteiger charge is 2.52. The number of aliphatic hydroxyl groups is 1. The van der Waals surface area contributed by atoms with Crippen molar-refractivity contribution in [1.82, 2.24) is 0 Å². The van der Waals surface area contributed by atoms with Gasteiger partial charge in [-0.25, -0.2) is 0 Å². The summed E-state index contributed by atoms with van der Waals surface area (Å²) in [5.74, 6) is 0. The molecule has 0 atom stereocenters. The van der Waals surface area contributed by atoms with Crippen molar-refractivity contribution in [3.63, 3.8) is 0 Å². The van der Waals surface area contributed by atoms with Crippen LogP contribution in [0.2, 0.25) is 0 Å². The minimum atomic E-state index is -0.516. The van der Waals surface area contributed by atoms with E-state index >= 15 is 0 Å². The second-order valence-corrected chi connectivity index (χ2v) is 8.12. The normalized spacial score (nSPS) is 21.3. The van der Waals surface area contributed by atoms with E-state index < -0.39 is 18.3 Å². The van der Waals surface area contributed by atoms with Gasteiger partial charge in [-0.05, 0) is 73.5 Å².